The highest BCUT2D eigenvalue weighted by molar-refractivity contribution is 5.72. The number of hydrogen-bond donors (Lipinski definition) is 1. The first-order valence-corrected chi connectivity index (χ1v) is 6.75. The number of rotatable bonds is 5. The molecule has 1 rings (SSSR count). The number of primary amides is 1. The van der Waals surface area contributed by atoms with Gasteiger partial charge in [-0.1, -0.05) is 20.8 Å². The van der Waals surface area contributed by atoms with E-state index in [1.54, 1.807) is 20.8 Å². The Hall–Kier alpha value is -2.31. The van der Waals surface area contributed by atoms with Gasteiger partial charge < -0.3 is 19.9 Å². The Balaban J connectivity index is 3.62. The van der Waals surface area contributed by atoms with Gasteiger partial charge >= 0.3 is 6.09 Å². The fraction of sp³-hybridized carbons (Fsp3) is 0.467. The highest BCUT2D eigenvalue weighted by Gasteiger charge is 2.30. The van der Waals surface area contributed by atoms with E-state index in [9.17, 15) is 9.18 Å². The van der Waals surface area contributed by atoms with Crippen molar-refractivity contribution in [3.05, 3.63) is 23.3 Å². The summed E-state index contributed by atoms with van der Waals surface area (Å²) in [6, 6.07) is 0. The molecule has 0 aromatic carbocycles. The molecule has 2 N–H and O–H groups in total. The Bertz CT molecular complexity index is 580. The van der Waals surface area contributed by atoms with Gasteiger partial charge in [0.05, 0.1) is 20.0 Å². The number of pyridine rings is 1. The average Bonchev–Trinajstić information content (AvgIpc) is 2.39. The monoisotopic (exact) mass is 312 g/mol. The molecule has 0 aliphatic carbocycles. The van der Waals surface area contributed by atoms with Gasteiger partial charge in [-0.25, -0.2) is 14.2 Å². The highest BCUT2D eigenvalue weighted by Crippen LogP contribution is 2.39. The van der Waals surface area contributed by atoms with Crippen LogP contribution in [0.15, 0.2) is 6.26 Å². The van der Waals surface area contributed by atoms with Gasteiger partial charge in [0.1, 0.15) is 5.69 Å². The summed E-state index contributed by atoms with van der Waals surface area (Å²) < 4.78 is 29.6. The summed E-state index contributed by atoms with van der Waals surface area (Å²) in [6.07, 6.45) is 1.78. The van der Waals surface area contributed by atoms with Gasteiger partial charge in [0.25, 0.3) is 5.88 Å². The second-order valence-electron chi connectivity index (χ2n) is 5.45. The maximum atomic E-state index is 14.6. The van der Waals surface area contributed by atoms with Crippen molar-refractivity contribution in [1.82, 2.24) is 4.98 Å². The van der Waals surface area contributed by atoms with E-state index in [1.807, 2.05) is 6.92 Å². The smallest absolute Gasteiger partial charge is 0.410 e. The maximum absolute atomic E-state index is 14.6. The molecular formula is C15H21FN2O4. The number of carbonyl (C=O) groups excluding carboxylic acids is 1. The fourth-order valence-electron chi connectivity index (χ4n) is 1.87. The summed E-state index contributed by atoms with van der Waals surface area (Å²) >= 11 is 0. The third-order valence-corrected chi connectivity index (χ3v) is 2.72. The molecule has 1 aromatic heterocycles. The first-order chi connectivity index (χ1) is 10.2. The van der Waals surface area contributed by atoms with Crippen LogP contribution in [0.5, 0.6) is 11.6 Å². The van der Waals surface area contributed by atoms with Crippen molar-refractivity contribution in [2.75, 3.05) is 13.7 Å². The molecule has 0 unspecified atom stereocenters. The zero-order valence-electron chi connectivity index (χ0n) is 13.4. The Kier molecular flexibility index (Phi) is 5.73. The Labute approximate surface area is 129 Å². The molecule has 1 amide bonds. The first-order valence-electron chi connectivity index (χ1n) is 6.75. The van der Waals surface area contributed by atoms with Crippen molar-refractivity contribution in [2.24, 2.45) is 5.73 Å². The van der Waals surface area contributed by atoms with Gasteiger partial charge in [-0.2, -0.15) is 0 Å². The Morgan fingerprint density at radius 3 is 2.50 bits per heavy atom. The molecule has 7 heteroatoms. The second-order valence-corrected chi connectivity index (χ2v) is 5.45. The minimum Gasteiger partial charge on any atom is -0.501 e. The number of ether oxygens (including phenoxy) is 3. The molecular weight excluding hydrogens is 291 g/mol. The molecule has 0 atom stereocenters. The molecule has 0 fully saturated rings. The highest BCUT2D eigenvalue weighted by atomic mass is 19.1. The van der Waals surface area contributed by atoms with Crippen LogP contribution in [-0.4, -0.2) is 24.8 Å². The quantitative estimate of drug-likeness (QED) is 0.845. The summed E-state index contributed by atoms with van der Waals surface area (Å²) in [5.41, 5.74) is 4.75. The molecule has 0 saturated heterocycles. The summed E-state index contributed by atoms with van der Waals surface area (Å²) in [4.78, 5) is 15.2. The van der Waals surface area contributed by atoms with Crippen LogP contribution in [0.2, 0.25) is 0 Å². The van der Waals surface area contributed by atoms with Gasteiger partial charge in [0.2, 0.25) is 0 Å². The Morgan fingerprint density at radius 1 is 1.41 bits per heavy atom. The van der Waals surface area contributed by atoms with Crippen molar-refractivity contribution in [3.63, 3.8) is 0 Å². The van der Waals surface area contributed by atoms with Gasteiger partial charge in [-0.15, -0.1) is 0 Å². The SMILES string of the molecule is CCOC=Cc1nc(OC)c(F)c(C(C)(C)C)c1OC(N)=O. The number of methoxy groups -OCH3 is 1. The van der Waals surface area contributed by atoms with Crippen molar-refractivity contribution in [3.8, 4) is 11.6 Å². The topological polar surface area (TPSA) is 83.7 Å². The molecule has 1 aromatic rings. The summed E-state index contributed by atoms with van der Waals surface area (Å²) in [5, 5.41) is 0. The molecule has 0 aliphatic heterocycles. The molecule has 22 heavy (non-hydrogen) atoms. The summed E-state index contributed by atoms with van der Waals surface area (Å²) in [6.45, 7) is 7.58. The molecule has 0 saturated carbocycles. The maximum Gasteiger partial charge on any atom is 0.410 e. The molecule has 0 radical (unpaired) electrons. The van der Waals surface area contributed by atoms with E-state index < -0.39 is 17.3 Å². The zero-order chi connectivity index (χ0) is 16.9. The number of amides is 1. The van der Waals surface area contributed by atoms with Crippen molar-refractivity contribution in [2.45, 2.75) is 33.1 Å². The number of nitrogens with zero attached hydrogens (tertiary/aromatic N) is 1. The fourth-order valence-corrected chi connectivity index (χ4v) is 1.87. The van der Waals surface area contributed by atoms with Crippen LogP contribution in [0.25, 0.3) is 6.08 Å². The van der Waals surface area contributed by atoms with Crippen LogP contribution >= 0.6 is 0 Å². The normalized spacial score (nSPS) is 11.5. The predicted molar refractivity (Wildman–Crippen MR) is 80.3 cm³/mol. The van der Waals surface area contributed by atoms with Crippen molar-refractivity contribution >= 4 is 12.2 Å². The largest absolute Gasteiger partial charge is 0.501 e. The van der Waals surface area contributed by atoms with Crippen LogP contribution < -0.4 is 15.2 Å². The lowest BCUT2D eigenvalue weighted by molar-refractivity contribution is 0.208. The number of halogens is 1. The van der Waals surface area contributed by atoms with E-state index in [2.05, 4.69) is 4.98 Å². The van der Waals surface area contributed by atoms with E-state index >= 15 is 0 Å². The number of nitrogens with two attached hydrogens (primary N) is 1. The van der Waals surface area contributed by atoms with Crippen molar-refractivity contribution in [1.29, 1.82) is 0 Å². The molecule has 1 heterocycles. The summed E-state index contributed by atoms with van der Waals surface area (Å²) in [7, 11) is 1.31. The number of hydrogen-bond acceptors (Lipinski definition) is 5. The van der Waals surface area contributed by atoms with Gasteiger partial charge in [-0.3, -0.25) is 0 Å². The van der Waals surface area contributed by atoms with Crippen LogP contribution in [0, 0.1) is 5.82 Å². The number of carbonyl (C=O) groups is 1. The van der Waals surface area contributed by atoms with Gasteiger partial charge in [0, 0.05) is 11.6 Å². The second kappa shape index (κ2) is 7.11. The predicted octanol–water partition coefficient (Wildman–Crippen LogP) is 2.99. The van der Waals surface area contributed by atoms with E-state index in [-0.39, 0.29) is 22.9 Å². The zero-order valence-corrected chi connectivity index (χ0v) is 13.4. The third-order valence-electron chi connectivity index (χ3n) is 2.72. The van der Waals surface area contributed by atoms with Gasteiger partial charge in [-0.05, 0) is 12.3 Å². The lowest BCUT2D eigenvalue weighted by Crippen LogP contribution is -2.23. The minimum atomic E-state index is -1.05. The molecule has 6 nitrogen and oxygen atoms in total. The van der Waals surface area contributed by atoms with E-state index in [1.165, 1.54) is 19.4 Å². The first kappa shape index (κ1) is 17.7. The van der Waals surface area contributed by atoms with Crippen LogP contribution in [-0.2, 0) is 10.2 Å². The van der Waals surface area contributed by atoms with E-state index in [0.717, 1.165) is 0 Å². The molecule has 0 aliphatic rings. The van der Waals surface area contributed by atoms with E-state index in [0.29, 0.717) is 6.61 Å². The minimum absolute atomic E-state index is 0.0470. The molecule has 122 valence electrons. The van der Waals surface area contributed by atoms with Crippen molar-refractivity contribution < 1.29 is 23.4 Å². The molecule has 0 bridgehead atoms. The molecule has 0 spiro atoms. The van der Waals surface area contributed by atoms with E-state index in [4.69, 9.17) is 19.9 Å². The van der Waals surface area contributed by atoms with Crippen LogP contribution in [0.3, 0.4) is 0 Å². The Morgan fingerprint density at radius 2 is 2.05 bits per heavy atom. The van der Waals surface area contributed by atoms with Gasteiger partial charge in [0.15, 0.2) is 11.6 Å². The van der Waals surface area contributed by atoms with Crippen LogP contribution in [0.1, 0.15) is 39.0 Å². The summed E-state index contributed by atoms with van der Waals surface area (Å²) in [5.74, 6) is -0.938. The third kappa shape index (κ3) is 4.09. The average molecular weight is 312 g/mol. The standard InChI is InChI=1S/C15H21FN2O4/c1-6-21-8-7-9-12(22-14(17)19)10(15(2,3)4)11(16)13(18-9)20-5/h7-8H,6H2,1-5H3,(H2,17,19). The number of aromatic nitrogens is 1. The van der Waals surface area contributed by atoms with Crippen LogP contribution in [0.4, 0.5) is 9.18 Å². The lowest BCUT2D eigenvalue weighted by Gasteiger charge is -2.24. The lowest BCUT2D eigenvalue weighted by atomic mass is 9.85.